The van der Waals surface area contributed by atoms with Crippen molar-refractivity contribution < 1.29 is 9.59 Å². The fourth-order valence-electron chi connectivity index (χ4n) is 5.75. The number of amides is 2. The van der Waals surface area contributed by atoms with Crippen molar-refractivity contribution in [3.8, 4) is 0 Å². The number of hydrogen-bond donors (Lipinski definition) is 0. The minimum atomic E-state index is 0.0350. The zero-order chi connectivity index (χ0) is 22.7. The molecule has 1 saturated heterocycles. The van der Waals surface area contributed by atoms with E-state index >= 15 is 0 Å². The van der Waals surface area contributed by atoms with Crippen LogP contribution in [0.4, 0.5) is 0 Å². The Hall–Kier alpha value is -2.21. The Morgan fingerprint density at radius 1 is 0.969 bits per heavy atom. The first-order chi connectivity index (χ1) is 15.2. The van der Waals surface area contributed by atoms with Crippen LogP contribution in [0.1, 0.15) is 73.1 Å². The summed E-state index contributed by atoms with van der Waals surface area (Å²) in [5.41, 5.74) is 3.32. The van der Waals surface area contributed by atoms with Crippen LogP contribution in [0, 0.1) is 16.7 Å². The lowest BCUT2D eigenvalue weighted by molar-refractivity contribution is -0.134. The summed E-state index contributed by atoms with van der Waals surface area (Å²) >= 11 is 1.60. The van der Waals surface area contributed by atoms with E-state index < -0.39 is 0 Å². The van der Waals surface area contributed by atoms with E-state index in [0.29, 0.717) is 24.1 Å². The zero-order valence-electron chi connectivity index (χ0n) is 19.6. The summed E-state index contributed by atoms with van der Waals surface area (Å²) in [6, 6.07) is 8.37. The maximum Gasteiger partial charge on any atom is 0.273 e. The molecule has 2 aromatic rings. The number of likely N-dealkylation sites (tertiary alicyclic amines) is 1. The summed E-state index contributed by atoms with van der Waals surface area (Å²) in [6.45, 7) is 11.8. The van der Waals surface area contributed by atoms with E-state index in [-0.39, 0.29) is 22.7 Å². The van der Waals surface area contributed by atoms with Gasteiger partial charge < -0.3 is 9.80 Å². The maximum atomic E-state index is 13.1. The number of rotatable bonds is 3. The van der Waals surface area contributed by atoms with E-state index in [9.17, 15) is 9.59 Å². The minimum Gasteiger partial charge on any atom is -0.342 e. The van der Waals surface area contributed by atoms with Gasteiger partial charge in [-0.15, -0.1) is 11.3 Å². The van der Waals surface area contributed by atoms with Gasteiger partial charge in [0.2, 0.25) is 5.91 Å². The van der Waals surface area contributed by atoms with Crippen LogP contribution < -0.4 is 0 Å². The first-order valence-corrected chi connectivity index (χ1v) is 12.7. The largest absolute Gasteiger partial charge is 0.342 e. The summed E-state index contributed by atoms with van der Waals surface area (Å²) < 4.78 is 0. The molecule has 5 rings (SSSR count). The summed E-state index contributed by atoms with van der Waals surface area (Å²) in [5.74, 6) is 0.824. The molecule has 0 spiro atoms. The number of carbonyl (C=O) groups is 2. The third-order valence-corrected chi connectivity index (χ3v) is 9.59. The average Bonchev–Trinajstić information content (AvgIpc) is 3.12. The van der Waals surface area contributed by atoms with Gasteiger partial charge in [0, 0.05) is 43.4 Å². The van der Waals surface area contributed by atoms with Crippen LogP contribution in [-0.4, -0.2) is 46.2 Å². The molecule has 32 heavy (non-hydrogen) atoms. The number of fused-ring (bicyclic) bond motifs is 1. The van der Waals surface area contributed by atoms with Crippen molar-refractivity contribution in [2.45, 2.75) is 59.4 Å². The lowest BCUT2D eigenvalue weighted by Gasteiger charge is -2.32. The normalized spacial score (nSPS) is 22.5. The van der Waals surface area contributed by atoms with E-state index in [0.717, 1.165) is 43.9 Å². The van der Waals surface area contributed by atoms with Gasteiger partial charge in [0.25, 0.3) is 5.91 Å². The molecule has 0 N–H and O–H groups in total. The predicted octanol–water partition coefficient (Wildman–Crippen LogP) is 4.73. The molecule has 1 aromatic carbocycles. The Morgan fingerprint density at radius 3 is 2.28 bits per heavy atom. The second kappa shape index (κ2) is 7.68. The van der Waals surface area contributed by atoms with Crippen molar-refractivity contribution in [1.29, 1.82) is 0 Å². The molecule has 3 aliphatic rings. The van der Waals surface area contributed by atoms with Crippen LogP contribution in [0.2, 0.25) is 0 Å². The molecule has 2 amide bonds. The first-order valence-electron chi connectivity index (χ1n) is 11.8. The predicted molar refractivity (Wildman–Crippen MR) is 127 cm³/mol. The van der Waals surface area contributed by atoms with Crippen molar-refractivity contribution in [2.75, 3.05) is 19.6 Å². The summed E-state index contributed by atoms with van der Waals surface area (Å²) in [4.78, 5) is 34.9. The van der Waals surface area contributed by atoms with Gasteiger partial charge in [-0.1, -0.05) is 52.0 Å². The summed E-state index contributed by atoms with van der Waals surface area (Å²) in [5, 5.41) is 2.97. The number of nitrogens with zero attached hydrogens (tertiary/aromatic N) is 3. The fourth-order valence-corrected chi connectivity index (χ4v) is 6.71. The Kier molecular flexibility index (Phi) is 5.19. The topological polar surface area (TPSA) is 53.5 Å². The highest BCUT2D eigenvalue weighted by Gasteiger charge is 2.68. The number of aromatic nitrogens is 1. The van der Waals surface area contributed by atoms with Gasteiger partial charge in [-0.25, -0.2) is 4.98 Å². The van der Waals surface area contributed by atoms with Crippen LogP contribution in [0.5, 0.6) is 0 Å². The standard InChI is InChI=1S/C26H33N3O2S/c1-25(2)21(26(25,3)4)24(31)28-12-10-18(11-13-28)22-27-20(16-32-22)23(30)29-14-9-17-7-5-6-8-19(17)15-29/h5-8,16,18,21H,9-15H2,1-4H3. The second-order valence-electron chi connectivity index (χ2n) is 10.8. The van der Waals surface area contributed by atoms with Crippen molar-refractivity contribution >= 4 is 23.2 Å². The Labute approximate surface area is 194 Å². The molecule has 1 aliphatic carbocycles. The summed E-state index contributed by atoms with van der Waals surface area (Å²) in [7, 11) is 0. The molecule has 3 heterocycles. The molecule has 0 bridgehead atoms. The van der Waals surface area contributed by atoms with Gasteiger partial charge in [-0.2, -0.15) is 0 Å². The van der Waals surface area contributed by atoms with Crippen molar-refractivity contribution in [3.63, 3.8) is 0 Å². The second-order valence-corrected chi connectivity index (χ2v) is 11.7. The van der Waals surface area contributed by atoms with E-state index in [1.165, 1.54) is 11.1 Å². The quantitative estimate of drug-likeness (QED) is 0.678. The van der Waals surface area contributed by atoms with Crippen molar-refractivity contribution in [2.24, 2.45) is 16.7 Å². The lowest BCUT2D eigenvalue weighted by atomic mass is 9.96. The SMILES string of the molecule is CC1(C)C(C(=O)N2CCC(c3nc(C(=O)N4CCc5ccccc5C4)cs3)CC2)C1(C)C. The third-order valence-electron chi connectivity index (χ3n) is 8.58. The van der Waals surface area contributed by atoms with E-state index in [2.05, 4.69) is 50.8 Å². The molecule has 5 nitrogen and oxygen atoms in total. The monoisotopic (exact) mass is 451 g/mol. The van der Waals surface area contributed by atoms with Gasteiger partial charge in [0.1, 0.15) is 5.69 Å². The first kappa shape index (κ1) is 21.6. The zero-order valence-corrected chi connectivity index (χ0v) is 20.4. The minimum absolute atomic E-state index is 0.0350. The molecule has 0 radical (unpaired) electrons. The maximum absolute atomic E-state index is 13.1. The van der Waals surface area contributed by atoms with E-state index in [1.807, 2.05) is 16.3 Å². The van der Waals surface area contributed by atoms with Crippen LogP contribution in [0.25, 0.3) is 0 Å². The van der Waals surface area contributed by atoms with Crippen molar-refractivity contribution in [3.05, 3.63) is 51.5 Å². The van der Waals surface area contributed by atoms with Crippen LogP contribution in [-0.2, 0) is 17.8 Å². The molecule has 2 aliphatic heterocycles. The molecular formula is C26H33N3O2S. The van der Waals surface area contributed by atoms with Crippen molar-refractivity contribution in [1.82, 2.24) is 14.8 Å². The fraction of sp³-hybridized carbons (Fsp3) is 0.577. The number of hydrogen-bond acceptors (Lipinski definition) is 4. The van der Waals surface area contributed by atoms with Crippen LogP contribution in [0.3, 0.4) is 0 Å². The third kappa shape index (κ3) is 3.47. The highest BCUT2D eigenvalue weighted by Crippen LogP contribution is 2.68. The van der Waals surface area contributed by atoms with Gasteiger partial charge in [0.15, 0.2) is 0 Å². The van der Waals surface area contributed by atoms with E-state index in [1.54, 1.807) is 11.3 Å². The van der Waals surface area contributed by atoms with Gasteiger partial charge >= 0.3 is 0 Å². The number of piperidine rings is 1. The smallest absolute Gasteiger partial charge is 0.273 e. The Morgan fingerprint density at radius 2 is 1.62 bits per heavy atom. The molecule has 2 fully saturated rings. The molecule has 0 atom stereocenters. The molecular weight excluding hydrogens is 418 g/mol. The number of thiazole rings is 1. The number of carbonyl (C=O) groups excluding carboxylic acids is 2. The van der Waals surface area contributed by atoms with Gasteiger partial charge in [-0.05, 0) is 41.2 Å². The van der Waals surface area contributed by atoms with Crippen LogP contribution in [0.15, 0.2) is 29.6 Å². The average molecular weight is 452 g/mol. The van der Waals surface area contributed by atoms with Gasteiger partial charge in [-0.3, -0.25) is 9.59 Å². The molecule has 6 heteroatoms. The highest BCUT2D eigenvalue weighted by molar-refractivity contribution is 7.09. The summed E-state index contributed by atoms with van der Waals surface area (Å²) in [6.07, 6.45) is 2.76. The van der Waals surface area contributed by atoms with Gasteiger partial charge in [0.05, 0.1) is 5.01 Å². The number of benzene rings is 1. The molecule has 1 saturated carbocycles. The molecule has 0 unspecified atom stereocenters. The lowest BCUT2D eigenvalue weighted by Crippen LogP contribution is -2.40. The molecule has 1 aromatic heterocycles. The van der Waals surface area contributed by atoms with E-state index in [4.69, 9.17) is 4.98 Å². The Bertz CT molecular complexity index is 1030. The van der Waals surface area contributed by atoms with Crippen LogP contribution >= 0.6 is 11.3 Å². The molecule has 170 valence electrons. The highest BCUT2D eigenvalue weighted by atomic mass is 32.1. The Balaban J connectivity index is 1.19.